The van der Waals surface area contributed by atoms with E-state index in [-0.39, 0.29) is 42.4 Å². The van der Waals surface area contributed by atoms with Crippen molar-refractivity contribution in [2.45, 2.75) is 38.0 Å². The molecule has 2 aromatic carbocycles. The number of nitrogens with zero attached hydrogens (tertiary/aromatic N) is 1. The summed E-state index contributed by atoms with van der Waals surface area (Å²) in [6.45, 7) is 1.48. The van der Waals surface area contributed by atoms with Gasteiger partial charge in [-0.25, -0.2) is 0 Å². The first-order chi connectivity index (χ1) is 16.0. The number of fused-ring (bicyclic) bond motifs is 1. The number of piperidine rings is 1. The van der Waals surface area contributed by atoms with Crippen LogP contribution in [0.3, 0.4) is 0 Å². The van der Waals surface area contributed by atoms with Crippen molar-refractivity contribution in [1.29, 1.82) is 0 Å². The molecule has 3 aliphatic heterocycles. The molecule has 5 rings (SSSR count). The van der Waals surface area contributed by atoms with Gasteiger partial charge in [-0.1, -0.05) is 18.2 Å². The Balaban J connectivity index is 1.29. The molecule has 33 heavy (non-hydrogen) atoms. The predicted molar refractivity (Wildman–Crippen MR) is 114 cm³/mol. The number of rotatable bonds is 6. The number of carbonyl (C=O) groups is 4. The largest absolute Gasteiger partial charge is 0.488 e. The number of benzene rings is 2. The third-order valence-electron chi connectivity index (χ3n) is 5.94. The molecule has 0 aromatic heterocycles. The summed E-state index contributed by atoms with van der Waals surface area (Å²) in [4.78, 5) is 50.6. The molecule has 0 saturated carbocycles. The molecule has 2 aromatic rings. The van der Waals surface area contributed by atoms with E-state index in [0.717, 1.165) is 22.6 Å². The smallest absolute Gasteiger partial charge is 0.266 e. The number of ether oxygens (including phenoxy) is 3. The van der Waals surface area contributed by atoms with Crippen molar-refractivity contribution in [3.63, 3.8) is 0 Å². The normalized spacial score (nSPS) is 22.4. The Bertz CT molecular complexity index is 1120. The van der Waals surface area contributed by atoms with Gasteiger partial charge in [-0.05, 0) is 36.2 Å². The fourth-order valence-electron chi connectivity index (χ4n) is 4.23. The van der Waals surface area contributed by atoms with Gasteiger partial charge in [0.05, 0.1) is 24.3 Å². The van der Waals surface area contributed by atoms with E-state index >= 15 is 0 Å². The molecule has 0 radical (unpaired) electrons. The van der Waals surface area contributed by atoms with Crippen LogP contribution in [0.25, 0.3) is 0 Å². The lowest BCUT2D eigenvalue weighted by atomic mass is 10.0. The number of hydrogen-bond donors (Lipinski definition) is 1. The maximum Gasteiger partial charge on any atom is 0.266 e. The minimum atomic E-state index is -1.01. The predicted octanol–water partition coefficient (Wildman–Crippen LogP) is 1.83. The van der Waals surface area contributed by atoms with Crippen molar-refractivity contribution < 1.29 is 33.4 Å². The second-order valence-corrected chi connectivity index (χ2v) is 8.16. The highest BCUT2D eigenvalue weighted by atomic mass is 16.5. The Morgan fingerprint density at radius 2 is 1.82 bits per heavy atom. The van der Waals surface area contributed by atoms with E-state index in [4.69, 9.17) is 14.2 Å². The highest BCUT2D eigenvalue weighted by Crippen LogP contribution is 2.34. The Labute approximate surface area is 189 Å². The lowest BCUT2D eigenvalue weighted by Gasteiger charge is -2.27. The first-order valence-electron chi connectivity index (χ1n) is 10.8. The first kappa shape index (κ1) is 21.1. The highest BCUT2D eigenvalue weighted by Gasteiger charge is 2.46. The Morgan fingerprint density at radius 3 is 2.55 bits per heavy atom. The highest BCUT2D eigenvalue weighted by molar-refractivity contribution is 6.24. The summed E-state index contributed by atoms with van der Waals surface area (Å²) in [6.07, 6.45) is 1.11. The summed E-state index contributed by atoms with van der Waals surface area (Å²) in [6, 6.07) is 11.2. The van der Waals surface area contributed by atoms with Crippen LogP contribution in [-0.4, -0.2) is 53.9 Å². The second kappa shape index (κ2) is 8.67. The quantitative estimate of drug-likeness (QED) is 0.669. The molecule has 2 atom stereocenters. The average molecular weight is 450 g/mol. The van der Waals surface area contributed by atoms with E-state index in [1.807, 2.05) is 24.3 Å². The van der Waals surface area contributed by atoms with E-state index < -0.39 is 29.7 Å². The molecule has 4 amide bonds. The fourth-order valence-corrected chi connectivity index (χ4v) is 4.23. The number of hydrogen-bond acceptors (Lipinski definition) is 7. The van der Waals surface area contributed by atoms with E-state index in [1.54, 1.807) is 12.1 Å². The number of nitrogens with one attached hydrogen (secondary N) is 1. The van der Waals surface area contributed by atoms with Crippen LogP contribution in [0.5, 0.6) is 11.5 Å². The zero-order valence-electron chi connectivity index (χ0n) is 17.7. The van der Waals surface area contributed by atoms with Crippen molar-refractivity contribution in [3.05, 3.63) is 59.2 Å². The molecular formula is C24H22N2O7. The van der Waals surface area contributed by atoms with Gasteiger partial charge in [0.25, 0.3) is 11.8 Å². The Kier molecular flexibility index (Phi) is 5.55. The molecule has 9 heteroatoms. The van der Waals surface area contributed by atoms with Crippen molar-refractivity contribution in [1.82, 2.24) is 10.2 Å². The summed E-state index contributed by atoms with van der Waals surface area (Å²) >= 11 is 0. The molecular weight excluding hydrogens is 428 g/mol. The maximum absolute atomic E-state index is 13.1. The third kappa shape index (κ3) is 4.07. The van der Waals surface area contributed by atoms with Crippen molar-refractivity contribution in [3.8, 4) is 11.5 Å². The number of imide groups is 2. The molecule has 1 N–H and O–H groups in total. The third-order valence-corrected chi connectivity index (χ3v) is 5.94. The van der Waals surface area contributed by atoms with Crippen LogP contribution in [0.1, 0.15) is 45.5 Å². The van der Waals surface area contributed by atoms with Crippen molar-refractivity contribution in [2.24, 2.45) is 0 Å². The van der Waals surface area contributed by atoms with E-state index in [1.165, 1.54) is 6.07 Å². The lowest BCUT2D eigenvalue weighted by Crippen LogP contribution is -2.54. The van der Waals surface area contributed by atoms with Crippen molar-refractivity contribution in [2.75, 3.05) is 13.2 Å². The van der Waals surface area contributed by atoms with E-state index in [9.17, 15) is 19.2 Å². The van der Waals surface area contributed by atoms with Gasteiger partial charge in [0.15, 0.2) is 0 Å². The standard InChI is InChI=1S/C24H22N2O7/c27-20-9-8-18(22(28)25-20)26-23(29)17-2-1-3-19(21(17)24(26)30)32-12-14-4-6-15(7-5-14)33-16-10-11-31-13-16/h1-7,16,18H,8-13H2,(H,25,27,28). The molecule has 0 bridgehead atoms. The monoisotopic (exact) mass is 450 g/mol. The maximum atomic E-state index is 13.1. The Hall–Kier alpha value is -3.72. The Morgan fingerprint density at radius 1 is 1.00 bits per heavy atom. The zero-order valence-corrected chi connectivity index (χ0v) is 17.7. The van der Waals surface area contributed by atoms with Gasteiger partial charge in [-0.15, -0.1) is 0 Å². The SMILES string of the molecule is O=C1CCC(N2C(=O)c3cccc(OCc4ccc(OC5CCOC5)cc4)c3C2=O)C(=O)N1. The van der Waals surface area contributed by atoms with E-state index in [2.05, 4.69) is 5.32 Å². The van der Waals surface area contributed by atoms with Crippen LogP contribution in [0.4, 0.5) is 0 Å². The summed E-state index contributed by atoms with van der Waals surface area (Å²) in [7, 11) is 0. The summed E-state index contributed by atoms with van der Waals surface area (Å²) < 4.78 is 17.1. The van der Waals surface area contributed by atoms with Gasteiger partial charge in [-0.3, -0.25) is 29.4 Å². The molecule has 2 saturated heterocycles. The van der Waals surface area contributed by atoms with Crippen LogP contribution in [0.2, 0.25) is 0 Å². The van der Waals surface area contributed by atoms with Crippen LogP contribution >= 0.6 is 0 Å². The second-order valence-electron chi connectivity index (χ2n) is 8.16. The van der Waals surface area contributed by atoms with Gasteiger partial charge >= 0.3 is 0 Å². The van der Waals surface area contributed by atoms with Crippen molar-refractivity contribution >= 4 is 23.6 Å². The zero-order chi connectivity index (χ0) is 22.9. The molecule has 9 nitrogen and oxygen atoms in total. The van der Waals surface area contributed by atoms with Gasteiger partial charge in [0, 0.05) is 12.8 Å². The minimum Gasteiger partial charge on any atom is -0.488 e. The average Bonchev–Trinajstić information content (AvgIpc) is 3.41. The minimum absolute atomic E-state index is 0.0647. The summed E-state index contributed by atoms with van der Waals surface area (Å²) in [5.41, 5.74) is 1.18. The summed E-state index contributed by atoms with van der Waals surface area (Å²) in [5.74, 6) is -1.20. The molecule has 2 unspecified atom stereocenters. The molecule has 0 aliphatic carbocycles. The van der Waals surface area contributed by atoms with Crippen LogP contribution in [-0.2, 0) is 20.9 Å². The van der Waals surface area contributed by atoms with Crippen LogP contribution in [0, 0.1) is 0 Å². The van der Waals surface area contributed by atoms with Crippen LogP contribution < -0.4 is 14.8 Å². The molecule has 170 valence electrons. The molecule has 2 fully saturated rings. The van der Waals surface area contributed by atoms with Crippen LogP contribution in [0.15, 0.2) is 42.5 Å². The fraction of sp³-hybridized carbons (Fsp3) is 0.333. The lowest BCUT2D eigenvalue weighted by molar-refractivity contribution is -0.136. The number of amides is 4. The number of carbonyl (C=O) groups excluding carboxylic acids is 4. The first-order valence-corrected chi connectivity index (χ1v) is 10.8. The topological polar surface area (TPSA) is 111 Å². The van der Waals surface area contributed by atoms with Gasteiger partial charge < -0.3 is 14.2 Å². The molecule has 3 aliphatic rings. The van der Waals surface area contributed by atoms with E-state index in [0.29, 0.717) is 13.2 Å². The molecule has 0 spiro atoms. The van der Waals surface area contributed by atoms with Gasteiger partial charge in [0.2, 0.25) is 11.8 Å². The van der Waals surface area contributed by atoms with Gasteiger partial charge in [-0.2, -0.15) is 0 Å². The van der Waals surface area contributed by atoms with Gasteiger partial charge in [0.1, 0.15) is 30.3 Å². The molecule has 3 heterocycles. The summed E-state index contributed by atoms with van der Waals surface area (Å²) in [5, 5.41) is 2.19.